The molecular weight excluding hydrogens is 362 g/mol. The van der Waals surface area contributed by atoms with Crippen molar-refractivity contribution in [1.29, 1.82) is 0 Å². The summed E-state index contributed by atoms with van der Waals surface area (Å²) in [5.41, 5.74) is 0.386. The minimum atomic E-state index is -1.01. The SMILES string of the molecule is CC(C)(O)c1csc(NC(=O)[C@H]2C[C@H](Oc3cccc4cccnc34)C2)n1. The number of aliphatic hydroxyl groups is 1. The summed E-state index contributed by atoms with van der Waals surface area (Å²) < 4.78 is 6.05. The Morgan fingerprint density at radius 2 is 2.07 bits per heavy atom. The maximum atomic E-state index is 12.4. The van der Waals surface area contributed by atoms with E-state index in [1.807, 2.05) is 30.3 Å². The molecule has 140 valence electrons. The van der Waals surface area contributed by atoms with Gasteiger partial charge in [0.25, 0.3) is 0 Å². The standard InChI is InChI=1S/C20H21N3O3S/c1-20(2,25)16-11-27-19(22-16)23-18(24)13-9-14(10-13)26-15-7-3-5-12-6-4-8-21-17(12)15/h3-8,11,13-14,25H,9-10H2,1-2H3,(H,22,23,24)/t13-,14-. The maximum Gasteiger partial charge on any atom is 0.229 e. The molecule has 2 aromatic heterocycles. The molecule has 2 N–H and O–H groups in total. The summed E-state index contributed by atoms with van der Waals surface area (Å²) >= 11 is 1.32. The van der Waals surface area contributed by atoms with Crippen LogP contribution in [0.2, 0.25) is 0 Å². The largest absolute Gasteiger partial charge is 0.488 e. The van der Waals surface area contributed by atoms with Crippen LogP contribution in [0, 0.1) is 5.92 Å². The van der Waals surface area contributed by atoms with E-state index in [0.717, 1.165) is 16.7 Å². The van der Waals surface area contributed by atoms with Crippen molar-refractivity contribution in [2.45, 2.75) is 38.4 Å². The van der Waals surface area contributed by atoms with E-state index in [2.05, 4.69) is 15.3 Å². The Hall–Kier alpha value is -2.51. The van der Waals surface area contributed by atoms with Gasteiger partial charge < -0.3 is 15.2 Å². The number of pyridine rings is 1. The van der Waals surface area contributed by atoms with Crippen LogP contribution in [0.15, 0.2) is 41.9 Å². The number of ether oxygens (including phenoxy) is 1. The molecule has 0 atom stereocenters. The van der Waals surface area contributed by atoms with Crippen molar-refractivity contribution in [3.8, 4) is 5.75 Å². The first-order chi connectivity index (χ1) is 12.9. The van der Waals surface area contributed by atoms with Crippen LogP contribution in [0.1, 0.15) is 32.4 Å². The first-order valence-corrected chi connectivity index (χ1v) is 9.78. The number of hydrogen-bond donors (Lipinski definition) is 2. The van der Waals surface area contributed by atoms with E-state index in [0.29, 0.717) is 23.7 Å². The van der Waals surface area contributed by atoms with Gasteiger partial charge in [-0.3, -0.25) is 9.78 Å². The van der Waals surface area contributed by atoms with Crippen LogP contribution in [-0.4, -0.2) is 27.1 Å². The van der Waals surface area contributed by atoms with Crippen LogP contribution in [0.5, 0.6) is 5.75 Å². The van der Waals surface area contributed by atoms with E-state index in [1.165, 1.54) is 11.3 Å². The molecule has 1 saturated carbocycles. The first kappa shape index (κ1) is 17.9. The quantitative estimate of drug-likeness (QED) is 0.702. The van der Waals surface area contributed by atoms with E-state index >= 15 is 0 Å². The Bertz CT molecular complexity index is 969. The summed E-state index contributed by atoms with van der Waals surface area (Å²) in [6.07, 6.45) is 3.09. The molecule has 27 heavy (non-hydrogen) atoms. The van der Waals surface area contributed by atoms with Crippen LogP contribution in [-0.2, 0) is 10.4 Å². The number of nitrogens with one attached hydrogen (secondary N) is 1. The van der Waals surface area contributed by atoms with Gasteiger partial charge in [-0.1, -0.05) is 18.2 Å². The third kappa shape index (κ3) is 3.79. The predicted octanol–water partition coefficient (Wildman–Crippen LogP) is 3.71. The van der Waals surface area contributed by atoms with Crippen molar-refractivity contribution in [2.75, 3.05) is 5.32 Å². The fourth-order valence-corrected chi connectivity index (χ4v) is 3.92. The average Bonchev–Trinajstić information content (AvgIpc) is 3.06. The highest BCUT2D eigenvalue weighted by atomic mass is 32.1. The molecule has 2 heterocycles. The monoisotopic (exact) mass is 383 g/mol. The lowest BCUT2D eigenvalue weighted by atomic mass is 9.81. The second kappa shape index (κ2) is 6.90. The highest BCUT2D eigenvalue weighted by Crippen LogP contribution is 2.35. The van der Waals surface area contributed by atoms with Gasteiger partial charge in [-0.15, -0.1) is 11.3 Å². The number of aromatic nitrogens is 2. The van der Waals surface area contributed by atoms with Gasteiger partial charge in [-0.25, -0.2) is 4.98 Å². The zero-order chi connectivity index (χ0) is 19.0. The second-order valence-electron chi connectivity index (χ2n) is 7.33. The number of benzene rings is 1. The molecule has 1 aliphatic rings. The summed E-state index contributed by atoms with van der Waals surface area (Å²) in [4.78, 5) is 21.1. The molecule has 4 rings (SSSR count). The third-order valence-corrected chi connectivity index (χ3v) is 5.47. The first-order valence-electron chi connectivity index (χ1n) is 8.90. The molecule has 0 saturated heterocycles. The van der Waals surface area contributed by atoms with Crippen molar-refractivity contribution in [3.05, 3.63) is 47.6 Å². The third-order valence-electron chi connectivity index (χ3n) is 4.72. The summed E-state index contributed by atoms with van der Waals surface area (Å²) in [7, 11) is 0. The van der Waals surface area contributed by atoms with Crippen LogP contribution < -0.4 is 10.1 Å². The maximum absolute atomic E-state index is 12.4. The number of para-hydroxylation sites is 1. The molecule has 6 nitrogen and oxygen atoms in total. The van der Waals surface area contributed by atoms with Crippen LogP contribution >= 0.6 is 11.3 Å². The molecule has 1 amide bonds. The molecule has 0 spiro atoms. The van der Waals surface area contributed by atoms with Gasteiger partial charge in [0, 0.05) is 22.9 Å². The van der Waals surface area contributed by atoms with Crippen LogP contribution in [0.3, 0.4) is 0 Å². The van der Waals surface area contributed by atoms with Gasteiger partial charge in [-0.2, -0.15) is 0 Å². The van der Waals surface area contributed by atoms with Gasteiger partial charge in [0.1, 0.15) is 23.0 Å². The normalized spacial score (nSPS) is 19.5. The van der Waals surface area contributed by atoms with Crippen molar-refractivity contribution < 1.29 is 14.6 Å². The number of nitrogens with zero attached hydrogens (tertiary/aromatic N) is 2. The van der Waals surface area contributed by atoms with Gasteiger partial charge in [0.05, 0.1) is 5.69 Å². The molecule has 3 aromatic rings. The summed E-state index contributed by atoms with van der Waals surface area (Å²) in [6.45, 7) is 3.34. The molecule has 1 aliphatic carbocycles. The number of thiazole rings is 1. The summed E-state index contributed by atoms with van der Waals surface area (Å²) in [6, 6.07) is 9.77. The molecule has 7 heteroatoms. The predicted molar refractivity (Wildman–Crippen MR) is 105 cm³/mol. The van der Waals surface area contributed by atoms with Crippen LogP contribution in [0.4, 0.5) is 5.13 Å². The minimum absolute atomic E-state index is 0.0107. The molecule has 0 aliphatic heterocycles. The fraction of sp³-hybridized carbons (Fsp3) is 0.350. The average molecular weight is 383 g/mol. The highest BCUT2D eigenvalue weighted by Gasteiger charge is 2.37. The Labute approximate surface area is 161 Å². The van der Waals surface area contributed by atoms with Crippen molar-refractivity contribution in [3.63, 3.8) is 0 Å². The number of carbonyl (C=O) groups excluding carboxylic acids is 1. The number of anilines is 1. The van der Waals surface area contributed by atoms with E-state index in [-0.39, 0.29) is 17.9 Å². The Balaban J connectivity index is 1.34. The highest BCUT2D eigenvalue weighted by molar-refractivity contribution is 7.13. The zero-order valence-corrected chi connectivity index (χ0v) is 16.0. The van der Waals surface area contributed by atoms with Gasteiger partial charge in [-0.05, 0) is 38.8 Å². The summed E-state index contributed by atoms with van der Waals surface area (Å²) in [5.74, 6) is 0.613. The van der Waals surface area contributed by atoms with E-state index in [4.69, 9.17) is 4.74 Å². The van der Waals surface area contributed by atoms with Crippen molar-refractivity contribution >= 4 is 33.3 Å². The molecule has 1 fully saturated rings. The van der Waals surface area contributed by atoms with Gasteiger partial charge in [0.2, 0.25) is 5.91 Å². The van der Waals surface area contributed by atoms with E-state index < -0.39 is 5.60 Å². The number of amides is 1. The van der Waals surface area contributed by atoms with Crippen molar-refractivity contribution in [2.24, 2.45) is 5.92 Å². The Kier molecular flexibility index (Phi) is 4.57. The van der Waals surface area contributed by atoms with Gasteiger partial charge >= 0.3 is 0 Å². The number of hydrogen-bond acceptors (Lipinski definition) is 6. The second-order valence-corrected chi connectivity index (χ2v) is 8.18. The zero-order valence-electron chi connectivity index (χ0n) is 15.2. The van der Waals surface area contributed by atoms with Gasteiger partial charge in [0.15, 0.2) is 5.13 Å². The molecular formula is C20H21N3O3S. The minimum Gasteiger partial charge on any atom is -0.488 e. The van der Waals surface area contributed by atoms with Crippen molar-refractivity contribution in [1.82, 2.24) is 9.97 Å². The molecule has 0 radical (unpaired) electrons. The Morgan fingerprint density at radius 1 is 1.30 bits per heavy atom. The molecule has 0 unspecified atom stereocenters. The summed E-state index contributed by atoms with van der Waals surface area (Å²) in [5, 5.41) is 16.1. The Morgan fingerprint density at radius 3 is 2.81 bits per heavy atom. The smallest absolute Gasteiger partial charge is 0.229 e. The number of fused-ring (bicyclic) bond motifs is 1. The molecule has 1 aromatic carbocycles. The topological polar surface area (TPSA) is 84.3 Å². The van der Waals surface area contributed by atoms with E-state index in [9.17, 15) is 9.90 Å². The fourth-order valence-electron chi connectivity index (χ4n) is 3.05. The molecule has 0 bridgehead atoms. The number of rotatable bonds is 5. The lowest BCUT2D eigenvalue weighted by molar-refractivity contribution is -0.125. The lowest BCUT2D eigenvalue weighted by Gasteiger charge is -2.34. The lowest BCUT2D eigenvalue weighted by Crippen LogP contribution is -2.40. The van der Waals surface area contributed by atoms with E-state index in [1.54, 1.807) is 25.4 Å². The van der Waals surface area contributed by atoms with Crippen LogP contribution in [0.25, 0.3) is 10.9 Å². The number of carbonyl (C=O) groups is 1.